The Morgan fingerprint density at radius 2 is 2.19 bits per heavy atom. The Bertz CT molecular complexity index is 158. The Morgan fingerprint density at radius 1 is 1.31 bits per heavy atom. The lowest BCUT2D eigenvalue weighted by Gasteiger charge is -2.23. The minimum absolute atomic E-state index is 0.508. The van der Waals surface area contributed by atoms with Gasteiger partial charge in [-0.1, -0.05) is 13.8 Å². The van der Waals surface area contributed by atoms with Gasteiger partial charge in [0.25, 0.3) is 0 Å². The topological polar surface area (TPSA) is 24.5 Å². The monoisotopic (exact) mass is 228 g/mol. The van der Waals surface area contributed by atoms with Crippen LogP contribution < -0.4 is 5.32 Å². The second-order valence-electron chi connectivity index (χ2n) is 4.59. The normalized spacial score (nSPS) is 20.8. The maximum atomic E-state index is 5.68. The highest BCUT2D eigenvalue weighted by molar-refractivity contribution is 4.70. The fourth-order valence-corrected chi connectivity index (χ4v) is 2.22. The summed E-state index contributed by atoms with van der Waals surface area (Å²) in [7, 11) is 0. The molecule has 1 aliphatic heterocycles. The molecule has 0 aliphatic carbocycles. The van der Waals surface area contributed by atoms with Crippen molar-refractivity contribution in [1.29, 1.82) is 0 Å². The summed E-state index contributed by atoms with van der Waals surface area (Å²) in [5.74, 6) is 0. The lowest BCUT2D eigenvalue weighted by molar-refractivity contribution is 0.0743. The fourth-order valence-electron chi connectivity index (χ4n) is 2.22. The molecule has 1 saturated heterocycles. The van der Waals surface area contributed by atoms with Gasteiger partial charge in [-0.15, -0.1) is 0 Å². The third kappa shape index (κ3) is 5.83. The minimum Gasteiger partial charge on any atom is -0.377 e. The van der Waals surface area contributed by atoms with E-state index >= 15 is 0 Å². The van der Waals surface area contributed by atoms with Crippen molar-refractivity contribution in [3.63, 3.8) is 0 Å². The van der Waals surface area contributed by atoms with E-state index in [0.29, 0.717) is 6.10 Å². The van der Waals surface area contributed by atoms with Gasteiger partial charge in [-0.3, -0.25) is 0 Å². The van der Waals surface area contributed by atoms with Crippen molar-refractivity contribution < 1.29 is 4.74 Å². The summed E-state index contributed by atoms with van der Waals surface area (Å²) in [5.41, 5.74) is 0. The van der Waals surface area contributed by atoms with Gasteiger partial charge in [0, 0.05) is 13.2 Å². The first-order chi connectivity index (χ1) is 7.86. The number of hydrogen-bond acceptors (Lipinski definition) is 3. The molecule has 1 aliphatic rings. The molecular weight excluding hydrogens is 200 g/mol. The number of ether oxygens (including phenoxy) is 1. The fraction of sp³-hybridized carbons (Fsp3) is 1.00. The molecule has 0 bridgehead atoms. The Morgan fingerprint density at radius 3 is 2.81 bits per heavy atom. The molecule has 0 amide bonds. The zero-order valence-electron chi connectivity index (χ0n) is 11.0. The predicted molar refractivity (Wildman–Crippen MR) is 68.9 cm³/mol. The summed E-state index contributed by atoms with van der Waals surface area (Å²) in [6.45, 7) is 11.2. The van der Waals surface area contributed by atoms with Crippen LogP contribution in [0.15, 0.2) is 0 Å². The predicted octanol–water partition coefficient (Wildman–Crippen LogP) is 1.88. The molecule has 0 saturated carbocycles. The lowest BCUT2D eigenvalue weighted by Crippen LogP contribution is -2.33. The minimum atomic E-state index is 0.508. The van der Waals surface area contributed by atoms with E-state index in [4.69, 9.17) is 4.74 Å². The zero-order valence-corrected chi connectivity index (χ0v) is 11.0. The molecule has 3 heteroatoms. The van der Waals surface area contributed by atoms with Crippen LogP contribution in [0.3, 0.4) is 0 Å². The standard InChI is InChI=1S/C13H28N2O/c1-3-14-9-5-6-10-15(4-2)12-13-8-7-11-16-13/h13-14H,3-12H2,1-2H3. The molecule has 1 fully saturated rings. The van der Waals surface area contributed by atoms with Crippen LogP contribution in [0.4, 0.5) is 0 Å². The molecule has 0 radical (unpaired) electrons. The average Bonchev–Trinajstić information content (AvgIpc) is 2.80. The summed E-state index contributed by atoms with van der Waals surface area (Å²) in [6.07, 6.45) is 5.61. The van der Waals surface area contributed by atoms with Crippen LogP contribution in [0.25, 0.3) is 0 Å². The molecule has 0 aromatic carbocycles. The Labute approximate surface area is 101 Å². The van der Waals surface area contributed by atoms with Gasteiger partial charge < -0.3 is 15.0 Å². The molecule has 3 nitrogen and oxygen atoms in total. The third-order valence-corrected chi connectivity index (χ3v) is 3.26. The van der Waals surface area contributed by atoms with E-state index < -0.39 is 0 Å². The Hall–Kier alpha value is -0.120. The van der Waals surface area contributed by atoms with E-state index in [1.807, 2.05) is 0 Å². The van der Waals surface area contributed by atoms with Crippen molar-refractivity contribution >= 4 is 0 Å². The maximum Gasteiger partial charge on any atom is 0.0702 e. The smallest absolute Gasteiger partial charge is 0.0702 e. The van der Waals surface area contributed by atoms with E-state index in [0.717, 1.165) is 32.8 Å². The summed E-state index contributed by atoms with van der Waals surface area (Å²) < 4.78 is 5.68. The number of hydrogen-bond donors (Lipinski definition) is 1. The highest BCUT2D eigenvalue weighted by Gasteiger charge is 2.17. The van der Waals surface area contributed by atoms with Crippen molar-refractivity contribution in [3.8, 4) is 0 Å². The van der Waals surface area contributed by atoms with Crippen LogP contribution in [0.2, 0.25) is 0 Å². The van der Waals surface area contributed by atoms with Crippen LogP contribution >= 0.6 is 0 Å². The number of rotatable bonds is 9. The first kappa shape index (κ1) is 13.9. The van der Waals surface area contributed by atoms with Gasteiger partial charge in [0.05, 0.1) is 6.10 Å². The van der Waals surface area contributed by atoms with E-state index in [2.05, 4.69) is 24.1 Å². The van der Waals surface area contributed by atoms with Gasteiger partial charge in [-0.05, 0) is 51.9 Å². The van der Waals surface area contributed by atoms with Crippen molar-refractivity contribution in [2.45, 2.75) is 45.6 Å². The number of unbranched alkanes of at least 4 members (excludes halogenated alkanes) is 1. The molecule has 16 heavy (non-hydrogen) atoms. The number of nitrogens with zero attached hydrogens (tertiary/aromatic N) is 1. The van der Waals surface area contributed by atoms with Crippen molar-refractivity contribution in [2.24, 2.45) is 0 Å². The third-order valence-electron chi connectivity index (χ3n) is 3.26. The molecule has 1 unspecified atom stereocenters. The molecule has 0 aromatic rings. The summed E-state index contributed by atoms with van der Waals surface area (Å²) in [6, 6.07) is 0. The Kier molecular flexibility index (Phi) is 7.81. The van der Waals surface area contributed by atoms with Gasteiger partial charge in [-0.25, -0.2) is 0 Å². The van der Waals surface area contributed by atoms with E-state index in [1.54, 1.807) is 0 Å². The van der Waals surface area contributed by atoms with Crippen LogP contribution in [-0.2, 0) is 4.74 Å². The quantitative estimate of drug-likeness (QED) is 0.610. The van der Waals surface area contributed by atoms with Gasteiger partial charge in [0.15, 0.2) is 0 Å². The van der Waals surface area contributed by atoms with E-state index in [-0.39, 0.29) is 0 Å². The first-order valence-electron chi connectivity index (χ1n) is 6.91. The second-order valence-corrected chi connectivity index (χ2v) is 4.59. The van der Waals surface area contributed by atoms with Crippen LogP contribution in [-0.4, -0.2) is 50.3 Å². The van der Waals surface area contributed by atoms with E-state index in [9.17, 15) is 0 Å². The highest BCUT2D eigenvalue weighted by Crippen LogP contribution is 2.13. The largest absolute Gasteiger partial charge is 0.377 e. The molecule has 1 atom stereocenters. The summed E-state index contributed by atoms with van der Waals surface area (Å²) in [4.78, 5) is 2.53. The summed E-state index contributed by atoms with van der Waals surface area (Å²) >= 11 is 0. The molecule has 1 heterocycles. The second kappa shape index (κ2) is 8.97. The lowest BCUT2D eigenvalue weighted by atomic mass is 10.2. The highest BCUT2D eigenvalue weighted by atomic mass is 16.5. The zero-order chi connectivity index (χ0) is 11.6. The van der Waals surface area contributed by atoms with Crippen LogP contribution in [0.1, 0.15) is 39.5 Å². The van der Waals surface area contributed by atoms with Gasteiger partial charge in [0.1, 0.15) is 0 Å². The molecule has 0 spiro atoms. The Balaban J connectivity index is 2.01. The van der Waals surface area contributed by atoms with Crippen molar-refractivity contribution in [1.82, 2.24) is 10.2 Å². The molecular formula is C13H28N2O. The van der Waals surface area contributed by atoms with Gasteiger partial charge >= 0.3 is 0 Å². The summed E-state index contributed by atoms with van der Waals surface area (Å²) in [5, 5.41) is 3.37. The molecule has 1 N–H and O–H groups in total. The maximum absolute atomic E-state index is 5.68. The molecule has 96 valence electrons. The SMILES string of the molecule is CCNCCCCN(CC)CC1CCCO1. The number of likely N-dealkylation sites (N-methyl/N-ethyl adjacent to an activating group) is 1. The van der Waals surface area contributed by atoms with Gasteiger partial charge in [0.2, 0.25) is 0 Å². The van der Waals surface area contributed by atoms with Gasteiger partial charge in [-0.2, -0.15) is 0 Å². The van der Waals surface area contributed by atoms with Crippen LogP contribution in [0, 0.1) is 0 Å². The molecule has 1 rings (SSSR count). The number of nitrogens with one attached hydrogen (secondary N) is 1. The first-order valence-corrected chi connectivity index (χ1v) is 6.91. The molecule has 0 aromatic heterocycles. The van der Waals surface area contributed by atoms with Crippen molar-refractivity contribution in [3.05, 3.63) is 0 Å². The average molecular weight is 228 g/mol. The van der Waals surface area contributed by atoms with E-state index in [1.165, 1.54) is 32.2 Å². The van der Waals surface area contributed by atoms with Crippen LogP contribution in [0.5, 0.6) is 0 Å². The van der Waals surface area contributed by atoms with Crippen molar-refractivity contribution in [2.75, 3.05) is 39.3 Å².